The van der Waals surface area contributed by atoms with E-state index in [9.17, 15) is 9.59 Å². The Balaban J connectivity index is 1.20. The highest BCUT2D eigenvalue weighted by molar-refractivity contribution is 6.35. The van der Waals surface area contributed by atoms with Crippen molar-refractivity contribution in [1.82, 2.24) is 29.8 Å². The number of aromatic nitrogens is 4. The third-order valence-electron chi connectivity index (χ3n) is 7.63. The van der Waals surface area contributed by atoms with Crippen LogP contribution in [0.15, 0.2) is 48.7 Å². The van der Waals surface area contributed by atoms with Crippen molar-refractivity contribution in [2.75, 3.05) is 26.7 Å². The molecule has 1 unspecified atom stereocenters. The molecule has 2 aliphatic rings. The Morgan fingerprint density at radius 1 is 1.10 bits per heavy atom. The lowest BCUT2D eigenvalue weighted by atomic mass is 10.0. The van der Waals surface area contributed by atoms with Gasteiger partial charge in [-0.05, 0) is 56.2 Å². The lowest BCUT2D eigenvalue weighted by Gasteiger charge is -2.39. The number of fused-ring (bicyclic) bond motifs is 1. The van der Waals surface area contributed by atoms with Crippen LogP contribution in [0.1, 0.15) is 52.2 Å². The zero-order valence-corrected chi connectivity index (χ0v) is 23.1. The molecule has 0 spiro atoms. The standard InChI is InChI=1S/C29H30ClN7O3/c1-17-15-35(9-10-36(17)29(39)26-16-37(34-33-26)21-5-6-21)28(38)19-3-7-22-23(30)13-24(32-25(22)12-19)18-4-8-27(40-2)20(11-18)14-31/h3-4,7-8,11-13,16-17,21H,5-6,9-10,14-15,31H2,1-2H3. The van der Waals surface area contributed by atoms with Gasteiger partial charge in [0.05, 0.1) is 35.6 Å². The predicted molar refractivity (Wildman–Crippen MR) is 151 cm³/mol. The van der Waals surface area contributed by atoms with Crippen molar-refractivity contribution in [3.8, 4) is 17.0 Å². The molecule has 1 aliphatic heterocycles. The van der Waals surface area contributed by atoms with Crippen molar-refractivity contribution in [1.29, 1.82) is 0 Å². The third-order valence-corrected chi connectivity index (χ3v) is 7.94. The summed E-state index contributed by atoms with van der Waals surface area (Å²) in [4.78, 5) is 35.0. The Kier molecular flexibility index (Phi) is 6.89. The predicted octanol–water partition coefficient (Wildman–Crippen LogP) is 3.94. The molecule has 0 bridgehead atoms. The number of nitrogens with zero attached hydrogens (tertiary/aromatic N) is 6. The lowest BCUT2D eigenvalue weighted by Crippen LogP contribution is -2.55. The molecule has 2 fully saturated rings. The maximum atomic E-state index is 13.5. The number of hydrogen-bond acceptors (Lipinski definition) is 7. The van der Waals surface area contributed by atoms with E-state index < -0.39 is 0 Å². The molecule has 0 radical (unpaired) electrons. The Morgan fingerprint density at radius 3 is 2.65 bits per heavy atom. The average molecular weight is 560 g/mol. The van der Waals surface area contributed by atoms with E-state index in [0.717, 1.165) is 29.4 Å². The van der Waals surface area contributed by atoms with Crippen molar-refractivity contribution in [2.24, 2.45) is 5.73 Å². The highest BCUT2D eigenvalue weighted by Crippen LogP contribution is 2.34. The Morgan fingerprint density at radius 2 is 1.93 bits per heavy atom. The number of methoxy groups -OCH3 is 1. The average Bonchev–Trinajstić information content (AvgIpc) is 3.71. The van der Waals surface area contributed by atoms with E-state index in [1.54, 1.807) is 39.9 Å². The highest BCUT2D eigenvalue weighted by Gasteiger charge is 2.33. The molecule has 2 aromatic heterocycles. The van der Waals surface area contributed by atoms with E-state index in [0.29, 0.717) is 65.5 Å². The number of benzene rings is 2. The molecule has 2 aromatic carbocycles. The normalized spacial score (nSPS) is 17.4. The van der Waals surface area contributed by atoms with E-state index in [2.05, 4.69) is 10.3 Å². The van der Waals surface area contributed by atoms with E-state index in [1.165, 1.54) is 0 Å². The molecule has 206 valence electrons. The zero-order chi connectivity index (χ0) is 28.0. The topological polar surface area (TPSA) is 119 Å². The molecule has 1 aliphatic carbocycles. The zero-order valence-electron chi connectivity index (χ0n) is 22.4. The minimum Gasteiger partial charge on any atom is -0.496 e. The number of amides is 2. The van der Waals surface area contributed by atoms with Gasteiger partial charge in [-0.1, -0.05) is 22.9 Å². The summed E-state index contributed by atoms with van der Waals surface area (Å²) in [5.41, 5.74) is 9.79. The SMILES string of the molecule is COc1ccc(-c2cc(Cl)c3ccc(C(=O)N4CCN(C(=O)c5cn(C6CC6)nn5)C(C)C4)cc3n2)cc1CN. The molecule has 1 atom stereocenters. The summed E-state index contributed by atoms with van der Waals surface area (Å²) in [5.74, 6) is 0.449. The molecule has 6 rings (SSSR count). The minimum atomic E-state index is -0.164. The summed E-state index contributed by atoms with van der Waals surface area (Å²) in [6.45, 7) is 3.54. The van der Waals surface area contributed by atoms with Gasteiger partial charge in [0, 0.05) is 54.3 Å². The van der Waals surface area contributed by atoms with Gasteiger partial charge >= 0.3 is 0 Å². The molecule has 2 amide bonds. The molecule has 11 heteroatoms. The van der Waals surface area contributed by atoms with Crippen molar-refractivity contribution < 1.29 is 14.3 Å². The van der Waals surface area contributed by atoms with Crippen molar-refractivity contribution in [3.63, 3.8) is 0 Å². The van der Waals surface area contributed by atoms with E-state index in [4.69, 9.17) is 27.1 Å². The number of hydrogen-bond donors (Lipinski definition) is 1. The largest absolute Gasteiger partial charge is 0.496 e. The number of carbonyl (C=O) groups excluding carboxylic acids is 2. The molecular formula is C29H30ClN7O3. The van der Waals surface area contributed by atoms with Crippen molar-refractivity contribution >= 4 is 34.3 Å². The van der Waals surface area contributed by atoms with Crippen LogP contribution in [0.25, 0.3) is 22.2 Å². The third kappa shape index (κ3) is 4.89. The molecule has 4 aromatic rings. The van der Waals surface area contributed by atoms with Crippen LogP contribution in [0.4, 0.5) is 0 Å². The van der Waals surface area contributed by atoms with Gasteiger partial charge in [0.15, 0.2) is 5.69 Å². The van der Waals surface area contributed by atoms with Crippen LogP contribution in [-0.2, 0) is 6.54 Å². The fraction of sp³-hybridized carbons (Fsp3) is 0.345. The quantitative estimate of drug-likeness (QED) is 0.380. The fourth-order valence-corrected chi connectivity index (χ4v) is 5.49. The van der Waals surface area contributed by atoms with Gasteiger partial charge in [-0.3, -0.25) is 9.59 Å². The number of rotatable bonds is 6. The maximum absolute atomic E-state index is 13.5. The molecule has 1 saturated heterocycles. The van der Waals surface area contributed by atoms with Crippen LogP contribution in [0, 0.1) is 0 Å². The van der Waals surface area contributed by atoms with E-state index in [-0.39, 0.29) is 17.9 Å². The Labute approximate surface area is 236 Å². The maximum Gasteiger partial charge on any atom is 0.276 e. The Bertz CT molecular complexity index is 1620. The summed E-state index contributed by atoms with van der Waals surface area (Å²) in [7, 11) is 1.61. The summed E-state index contributed by atoms with van der Waals surface area (Å²) in [6.07, 6.45) is 3.87. The number of halogens is 1. The van der Waals surface area contributed by atoms with Crippen LogP contribution in [0.5, 0.6) is 5.75 Å². The van der Waals surface area contributed by atoms with Gasteiger partial charge < -0.3 is 20.3 Å². The van der Waals surface area contributed by atoms with Crippen molar-refractivity contribution in [3.05, 3.63) is 70.5 Å². The van der Waals surface area contributed by atoms with Gasteiger partial charge in [0.1, 0.15) is 5.75 Å². The summed E-state index contributed by atoms with van der Waals surface area (Å²) in [6, 6.07) is 13.1. The first kappa shape index (κ1) is 26.2. The number of pyridine rings is 1. The first-order chi connectivity index (χ1) is 19.4. The molecule has 1 saturated carbocycles. The first-order valence-corrected chi connectivity index (χ1v) is 13.7. The minimum absolute atomic E-state index is 0.112. The molecule has 40 heavy (non-hydrogen) atoms. The molecule has 10 nitrogen and oxygen atoms in total. The highest BCUT2D eigenvalue weighted by atomic mass is 35.5. The molecule has 3 heterocycles. The Hall–Kier alpha value is -4.02. The second-order valence-corrected chi connectivity index (χ2v) is 10.8. The number of carbonyl (C=O) groups is 2. The van der Waals surface area contributed by atoms with Crippen molar-refractivity contribution in [2.45, 2.75) is 38.4 Å². The summed E-state index contributed by atoms with van der Waals surface area (Å²) < 4.78 is 7.16. The smallest absolute Gasteiger partial charge is 0.276 e. The van der Waals surface area contributed by atoms with Crippen LogP contribution in [0.2, 0.25) is 5.02 Å². The van der Waals surface area contributed by atoms with Crippen LogP contribution < -0.4 is 10.5 Å². The monoisotopic (exact) mass is 559 g/mol. The van der Waals surface area contributed by atoms with E-state index >= 15 is 0 Å². The van der Waals surface area contributed by atoms with Gasteiger partial charge in [0.2, 0.25) is 0 Å². The van der Waals surface area contributed by atoms with Crippen LogP contribution >= 0.6 is 11.6 Å². The summed E-state index contributed by atoms with van der Waals surface area (Å²) >= 11 is 6.63. The molecular weight excluding hydrogens is 530 g/mol. The van der Waals surface area contributed by atoms with E-state index in [1.807, 2.05) is 37.3 Å². The number of nitrogens with two attached hydrogens (primary N) is 1. The van der Waals surface area contributed by atoms with Gasteiger partial charge in [-0.15, -0.1) is 5.10 Å². The van der Waals surface area contributed by atoms with Gasteiger partial charge in [-0.2, -0.15) is 0 Å². The fourth-order valence-electron chi connectivity index (χ4n) is 5.23. The second kappa shape index (κ2) is 10.5. The number of ether oxygens (including phenoxy) is 1. The van der Waals surface area contributed by atoms with Crippen LogP contribution in [-0.4, -0.2) is 74.4 Å². The van der Waals surface area contributed by atoms with Crippen LogP contribution in [0.3, 0.4) is 0 Å². The lowest BCUT2D eigenvalue weighted by molar-refractivity contribution is 0.0411. The summed E-state index contributed by atoms with van der Waals surface area (Å²) in [5, 5.41) is 9.49. The number of piperazine rings is 1. The van der Waals surface area contributed by atoms with Gasteiger partial charge in [0.25, 0.3) is 11.8 Å². The van der Waals surface area contributed by atoms with Gasteiger partial charge in [-0.25, -0.2) is 9.67 Å². The molecule has 2 N–H and O–H groups in total. The second-order valence-electron chi connectivity index (χ2n) is 10.4. The first-order valence-electron chi connectivity index (χ1n) is 13.4.